The molecule has 0 radical (unpaired) electrons. The minimum atomic E-state index is -0.672. The zero-order chi connectivity index (χ0) is 15.9. The van der Waals surface area contributed by atoms with Gasteiger partial charge in [-0.3, -0.25) is 4.98 Å². The summed E-state index contributed by atoms with van der Waals surface area (Å²) >= 11 is 0. The first-order chi connectivity index (χ1) is 10.6. The van der Waals surface area contributed by atoms with Crippen molar-refractivity contribution >= 4 is 11.8 Å². The second-order valence-corrected chi connectivity index (χ2v) is 4.19. The van der Waals surface area contributed by atoms with E-state index in [2.05, 4.69) is 10.1 Å². The van der Waals surface area contributed by atoms with Crippen LogP contribution in [0.5, 0.6) is 11.5 Å². The van der Waals surface area contributed by atoms with Crippen molar-refractivity contribution < 1.29 is 19.1 Å². The molecule has 0 saturated heterocycles. The van der Waals surface area contributed by atoms with Crippen molar-refractivity contribution in [3.63, 3.8) is 0 Å². The minimum absolute atomic E-state index is 0.0746. The van der Waals surface area contributed by atoms with Crippen molar-refractivity contribution in [2.75, 3.05) is 14.2 Å². The van der Waals surface area contributed by atoms with E-state index in [-0.39, 0.29) is 11.4 Å². The van der Waals surface area contributed by atoms with E-state index in [9.17, 15) is 4.79 Å². The van der Waals surface area contributed by atoms with Crippen LogP contribution >= 0.6 is 0 Å². The van der Waals surface area contributed by atoms with Gasteiger partial charge in [0.15, 0.2) is 5.84 Å². The summed E-state index contributed by atoms with van der Waals surface area (Å²) in [4.78, 5) is 20.7. The molecule has 22 heavy (non-hydrogen) atoms. The molecule has 0 aliphatic rings. The van der Waals surface area contributed by atoms with E-state index in [1.165, 1.54) is 26.4 Å². The molecule has 2 N–H and O–H groups in total. The predicted molar refractivity (Wildman–Crippen MR) is 79.9 cm³/mol. The Morgan fingerprint density at radius 1 is 1.05 bits per heavy atom. The van der Waals surface area contributed by atoms with Crippen molar-refractivity contribution in [3.05, 3.63) is 53.9 Å². The molecule has 0 amide bonds. The van der Waals surface area contributed by atoms with Crippen LogP contribution in [0.3, 0.4) is 0 Å². The normalized spacial score (nSPS) is 10.9. The van der Waals surface area contributed by atoms with E-state index in [4.69, 9.17) is 20.0 Å². The van der Waals surface area contributed by atoms with E-state index in [1.54, 1.807) is 30.6 Å². The van der Waals surface area contributed by atoms with Gasteiger partial charge < -0.3 is 20.0 Å². The van der Waals surface area contributed by atoms with Crippen LogP contribution < -0.4 is 15.2 Å². The number of methoxy groups -OCH3 is 2. The molecule has 1 aromatic heterocycles. The lowest BCUT2D eigenvalue weighted by Gasteiger charge is -2.06. The number of ether oxygens (including phenoxy) is 2. The van der Waals surface area contributed by atoms with Crippen LogP contribution in [0.4, 0.5) is 0 Å². The molecule has 0 bridgehead atoms. The van der Waals surface area contributed by atoms with Crippen LogP contribution in [-0.4, -0.2) is 31.0 Å². The molecule has 0 spiro atoms. The van der Waals surface area contributed by atoms with E-state index >= 15 is 0 Å². The van der Waals surface area contributed by atoms with Gasteiger partial charge >= 0.3 is 5.97 Å². The number of hydrogen-bond donors (Lipinski definition) is 1. The lowest BCUT2D eigenvalue weighted by molar-refractivity contribution is 0.0515. The van der Waals surface area contributed by atoms with Gasteiger partial charge in [-0.05, 0) is 24.3 Å². The maximum Gasteiger partial charge on any atom is 0.366 e. The lowest BCUT2D eigenvalue weighted by atomic mass is 10.2. The molecule has 0 aliphatic carbocycles. The highest BCUT2D eigenvalue weighted by Gasteiger charge is 2.12. The van der Waals surface area contributed by atoms with E-state index in [1.807, 2.05) is 0 Å². The van der Waals surface area contributed by atoms with E-state index < -0.39 is 5.97 Å². The van der Waals surface area contributed by atoms with Crippen LogP contribution in [0, 0.1) is 0 Å². The molecule has 114 valence electrons. The number of carbonyl (C=O) groups is 1. The summed E-state index contributed by atoms with van der Waals surface area (Å²) in [5, 5.41) is 3.62. The third kappa shape index (κ3) is 3.72. The summed E-state index contributed by atoms with van der Waals surface area (Å²) in [6.45, 7) is 0. The fraction of sp³-hybridized carbons (Fsp3) is 0.133. The van der Waals surface area contributed by atoms with Gasteiger partial charge in [-0.2, -0.15) is 0 Å². The number of amidine groups is 1. The third-order valence-electron chi connectivity index (χ3n) is 2.79. The number of nitrogens with zero attached hydrogens (tertiary/aromatic N) is 2. The number of rotatable bonds is 5. The van der Waals surface area contributed by atoms with E-state index in [0.717, 1.165) is 0 Å². The molecule has 0 unspecified atom stereocenters. The quantitative estimate of drug-likeness (QED) is 0.390. The molecule has 2 aromatic rings. The molecule has 1 heterocycles. The number of aromatic nitrogens is 1. The molecular formula is C15H15N3O4. The van der Waals surface area contributed by atoms with Crippen molar-refractivity contribution in [1.29, 1.82) is 0 Å². The Bertz CT molecular complexity index is 664. The summed E-state index contributed by atoms with van der Waals surface area (Å²) in [6, 6.07) is 7.99. The standard InChI is InChI=1S/C15H15N3O4/c1-20-12-7-11(8-13(9-12)21-2)15(19)22-18-14(16)10-3-5-17-6-4-10/h3-9H,1-2H3,(H2,16,18). The zero-order valence-corrected chi connectivity index (χ0v) is 12.1. The van der Waals surface area contributed by atoms with Gasteiger partial charge in [0.1, 0.15) is 11.5 Å². The second-order valence-electron chi connectivity index (χ2n) is 4.19. The van der Waals surface area contributed by atoms with Crippen LogP contribution in [0.1, 0.15) is 15.9 Å². The fourth-order valence-corrected chi connectivity index (χ4v) is 1.64. The third-order valence-corrected chi connectivity index (χ3v) is 2.79. The molecular weight excluding hydrogens is 286 g/mol. The number of pyridine rings is 1. The monoisotopic (exact) mass is 301 g/mol. The molecule has 7 nitrogen and oxygen atoms in total. The molecule has 1 aromatic carbocycles. The lowest BCUT2D eigenvalue weighted by Crippen LogP contribution is -2.15. The fourth-order valence-electron chi connectivity index (χ4n) is 1.64. The van der Waals surface area contributed by atoms with E-state index in [0.29, 0.717) is 17.1 Å². The first kappa shape index (κ1) is 15.3. The Morgan fingerprint density at radius 2 is 1.64 bits per heavy atom. The van der Waals surface area contributed by atoms with Gasteiger partial charge in [0.2, 0.25) is 0 Å². The Kier molecular flexibility index (Phi) is 4.92. The molecule has 0 saturated carbocycles. The maximum atomic E-state index is 12.0. The van der Waals surface area contributed by atoms with Gasteiger partial charge in [-0.15, -0.1) is 0 Å². The highest BCUT2D eigenvalue weighted by atomic mass is 16.7. The van der Waals surface area contributed by atoms with Crippen LogP contribution in [-0.2, 0) is 4.84 Å². The van der Waals surface area contributed by atoms with Gasteiger partial charge in [0.05, 0.1) is 19.8 Å². The molecule has 7 heteroatoms. The Balaban J connectivity index is 2.15. The number of benzene rings is 1. The summed E-state index contributed by atoms with van der Waals surface area (Å²) in [5.74, 6) is 0.342. The number of carbonyl (C=O) groups excluding carboxylic acids is 1. The largest absolute Gasteiger partial charge is 0.497 e. The highest BCUT2D eigenvalue weighted by Crippen LogP contribution is 2.23. The number of nitrogens with two attached hydrogens (primary N) is 1. The van der Waals surface area contributed by atoms with Crippen molar-refractivity contribution in [3.8, 4) is 11.5 Å². The molecule has 0 atom stereocenters. The van der Waals surface area contributed by atoms with Crippen LogP contribution in [0.2, 0.25) is 0 Å². The highest BCUT2D eigenvalue weighted by molar-refractivity contribution is 5.98. The summed E-state index contributed by atoms with van der Waals surface area (Å²) in [6.07, 6.45) is 3.12. The zero-order valence-electron chi connectivity index (χ0n) is 12.1. The van der Waals surface area contributed by atoms with Gasteiger partial charge in [-0.1, -0.05) is 5.16 Å². The Hall–Kier alpha value is -3.09. The topological polar surface area (TPSA) is 96.0 Å². The van der Waals surface area contributed by atoms with Crippen molar-refractivity contribution in [1.82, 2.24) is 4.98 Å². The summed E-state index contributed by atoms with van der Waals surface area (Å²) in [7, 11) is 2.98. The van der Waals surface area contributed by atoms with Gasteiger partial charge in [0.25, 0.3) is 0 Å². The van der Waals surface area contributed by atoms with Gasteiger partial charge in [-0.25, -0.2) is 4.79 Å². The summed E-state index contributed by atoms with van der Waals surface area (Å²) in [5.41, 5.74) is 6.57. The van der Waals surface area contributed by atoms with Crippen molar-refractivity contribution in [2.24, 2.45) is 10.9 Å². The first-order valence-corrected chi connectivity index (χ1v) is 6.32. The minimum Gasteiger partial charge on any atom is -0.497 e. The van der Waals surface area contributed by atoms with Crippen LogP contribution in [0.25, 0.3) is 0 Å². The molecule has 0 aliphatic heterocycles. The first-order valence-electron chi connectivity index (χ1n) is 6.32. The summed E-state index contributed by atoms with van der Waals surface area (Å²) < 4.78 is 10.2. The van der Waals surface area contributed by atoms with Crippen molar-refractivity contribution in [2.45, 2.75) is 0 Å². The SMILES string of the molecule is COc1cc(OC)cc(C(=O)O/N=C(/N)c2ccncc2)c1. The van der Waals surface area contributed by atoms with Crippen LogP contribution in [0.15, 0.2) is 47.9 Å². The Morgan fingerprint density at radius 3 is 2.18 bits per heavy atom. The maximum absolute atomic E-state index is 12.0. The average molecular weight is 301 g/mol. The number of oxime groups is 1. The van der Waals surface area contributed by atoms with Gasteiger partial charge in [0, 0.05) is 24.0 Å². The molecule has 0 fully saturated rings. The smallest absolute Gasteiger partial charge is 0.366 e. The molecule has 2 rings (SSSR count). The predicted octanol–water partition coefficient (Wildman–Crippen LogP) is 1.58. The number of hydrogen-bond acceptors (Lipinski definition) is 6. The second kappa shape index (κ2) is 7.07. The Labute approximate surface area is 127 Å². The average Bonchev–Trinajstić information content (AvgIpc) is 2.59.